The highest BCUT2D eigenvalue weighted by Crippen LogP contribution is 2.34. The lowest BCUT2D eigenvalue weighted by molar-refractivity contribution is -0.141. The van der Waals surface area contributed by atoms with Crippen LogP contribution in [-0.4, -0.2) is 4.98 Å². The van der Waals surface area contributed by atoms with E-state index in [2.05, 4.69) is 20.9 Å². The summed E-state index contributed by atoms with van der Waals surface area (Å²) in [7, 11) is 0. The van der Waals surface area contributed by atoms with Gasteiger partial charge in [0, 0.05) is 0 Å². The van der Waals surface area contributed by atoms with Crippen LogP contribution in [0, 0.1) is 6.92 Å². The lowest BCUT2D eigenvalue weighted by Crippen LogP contribution is -2.10. The molecule has 15 heavy (non-hydrogen) atoms. The van der Waals surface area contributed by atoms with Crippen molar-refractivity contribution >= 4 is 15.9 Å². The largest absolute Gasteiger partial charge is 0.433 e. The molecule has 1 aromatic rings. The fraction of sp³-hybridized carbons (Fsp3) is 0.375. The molecule has 1 heterocycles. The van der Waals surface area contributed by atoms with Crippen molar-refractivity contribution in [1.82, 2.24) is 4.98 Å². The molecule has 7 heteroatoms. The quantitative estimate of drug-likeness (QED) is 0.560. The van der Waals surface area contributed by atoms with E-state index in [1.54, 1.807) is 0 Å². The molecule has 0 amide bonds. The Morgan fingerprint density at radius 1 is 1.33 bits per heavy atom. The average Bonchev–Trinajstić information content (AvgIpc) is 1.99. The zero-order valence-corrected chi connectivity index (χ0v) is 8.96. The topological polar surface area (TPSA) is 12.9 Å². The SMILES string of the molecule is Cc1cc(C(F)(F)F)nc(Br)c1C(F)F. The Bertz CT molecular complexity index is 351. The lowest BCUT2D eigenvalue weighted by Gasteiger charge is -2.11. The molecule has 0 spiro atoms. The molecular weight excluding hydrogens is 285 g/mol. The smallest absolute Gasteiger partial charge is 0.236 e. The van der Waals surface area contributed by atoms with E-state index >= 15 is 0 Å². The Labute approximate surface area is 90.4 Å². The molecule has 0 radical (unpaired) electrons. The standard InChI is InChI=1S/C8H5BrF5N/c1-3-2-4(8(12,13)14)15-6(9)5(3)7(10)11/h2,7H,1H3. The molecule has 0 saturated heterocycles. The third-order valence-corrected chi connectivity index (χ3v) is 2.33. The average molecular weight is 290 g/mol. The van der Waals surface area contributed by atoms with Crippen molar-refractivity contribution < 1.29 is 22.0 Å². The maximum Gasteiger partial charge on any atom is 0.433 e. The second kappa shape index (κ2) is 4.03. The molecule has 1 aromatic heterocycles. The van der Waals surface area contributed by atoms with Crippen molar-refractivity contribution in [3.05, 3.63) is 27.5 Å². The Balaban J connectivity index is 3.32. The van der Waals surface area contributed by atoms with Crippen LogP contribution in [-0.2, 0) is 6.18 Å². The predicted molar refractivity (Wildman–Crippen MR) is 46.6 cm³/mol. The molecule has 0 aromatic carbocycles. The van der Waals surface area contributed by atoms with E-state index in [0.29, 0.717) is 6.07 Å². The molecule has 0 atom stereocenters. The van der Waals surface area contributed by atoms with E-state index in [1.165, 1.54) is 6.92 Å². The number of aryl methyl sites for hydroxylation is 1. The molecule has 0 bridgehead atoms. The van der Waals surface area contributed by atoms with E-state index in [9.17, 15) is 22.0 Å². The number of alkyl halides is 5. The summed E-state index contributed by atoms with van der Waals surface area (Å²) in [6.45, 7) is 1.18. The van der Waals surface area contributed by atoms with E-state index in [0.717, 1.165) is 0 Å². The van der Waals surface area contributed by atoms with Crippen LogP contribution in [0.3, 0.4) is 0 Å². The minimum absolute atomic E-state index is 0.140. The maximum absolute atomic E-state index is 12.4. The van der Waals surface area contributed by atoms with Gasteiger partial charge in [0.1, 0.15) is 10.3 Å². The van der Waals surface area contributed by atoms with Gasteiger partial charge in [-0.2, -0.15) is 13.2 Å². The van der Waals surface area contributed by atoms with Crippen LogP contribution in [0.25, 0.3) is 0 Å². The summed E-state index contributed by atoms with van der Waals surface area (Å²) in [6.07, 6.45) is -7.48. The van der Waals surface area contributed by atoms with E-state index < -0.39 is 28.5 Å². The van der Waals surface area contributed by atoms with E-state index in [-0.39, 0.29) is 5.56 Å². The van der Waals surface area contributed by atoms with Gasteiger partial charge in [0.15, 0.2) is 0 Å². The highest BCUT2D eigenvalue weighted by molar-refractivity contribution is 9.10. The van der Waals surface area contributed by atoms with Crippen LogP contribution in [0.5, 0.6) is 0 Å². The van der Waals surface area contributed by atoms with Crippen LogP contribution >= 0.6 is 15.9 Å². The molecule has 0 aliphatic heterocycles. The molecule has 0 unspecified atom stereocenters. The summed E-state index contributed by atoms with van der Waals surface area (Å²) in [5.74, 6) is 0. The van der Waals surface area contributed by atoms with Gasteiger partial charge in [0.25, 0.3) is 6.43 Å². The summed E-state index contributed by atoms with van der Waals surface area (Å²) in [6, 6.07) is 0.603. The molecular formula is C8H5BrF5N. The molecule has 0 aliphatic rings. The first-order valence-corrected chi connectivity index (χ1v) is 4.55. The van der Waals surface area contributed by atoms with Gasteiger partial charge in [-0.1, -0.05) is 0 Å². The minimum Gasteiger partial charge on any atom is -0.236 e. The Kier molecular flexibility index (Phi) is 3.32. The van der Waals surface area contributed by atoms with Crippen molar-refractivity contribution in [3.63, 3.8) is 0 Å². The van der Waals surface area contributed by atoms with Crippen LogP contribution in [0.1, 0.15) is 23.2 Å². The number of halogens is 6. The van der Waals surface area contributed by atoms with Gasteiger partial charge in [0.2, 0.25) is 0 Å². The highest BCUT2D eigenvalue weighted by Gasteiger charge is 2.34. The molecule has 0 N–H and O–H groups in total. The summed E-state index contributed by atoms with van der Waals surface area (Å²) in [4.78, 5) is 3.04. The molecule has 84 valence electrons. The molecule has 1 rings (SSSR count). The van der Waals surface area contributed by atoms with Crippen molar-refractivity contribution in [2.75, 3.05) is 0 Å². The van der Waals surface area contributed by atoms with Crippen LogP contribution in [0.4, 0.5) is 22.0 Å². The number of pyridine rings is 1. The summed E-state index contributed by atoms with van der Waals surface area (Å²) < 4.78 is 60.9. The lowest BCUT2D eigenvalue weighted by atomic mass is 10.1. The number of rotatable bonds is 1. The second-order valence-corrected chi connectivity index (χ2v) is 3.58. The molecule has 1 nitrogen and oxygen atoms in total. The fourth-order valence-corrected chi connectivity index (χ4v) is 1.73. The number of hydrogen-bond donors (Lipinski definition) is 0. The number of nitrogens with zero attached hydrogens (tertiary/aromatic N) is 1. The van der Waals surface area contributed by atoms with Crippen LogP contribution < -0.4 is 0 Å². The Hall–Kier alpha value is -0.720. The summed E-state index contributed by atoms with van der Waals surface area (Å²) >= 11 is 2.60. The van der Waals surface area contributed by atoms with Gasteiger partial charge in [-0.15, -0.1) is 0 Å². The molecule has 0 saturated carbocycles. The van der Waals surface area contributed by atoms with Crippen molar-refractivity contribution in [3.8, 4) is 0 Å². The number of aromatic nitrogens is 1. The van der Waals surface area contributed by atoms with Crippen LogP contribution in [0.15, 0.2) is 10.7 Å². The Morgan fingerprint density at radius 2 is 1.87 bits per heavy atom. The van der Waals surface area contributed by atoms with E-state index in [4.69, 9.17) is 0 Å². The Morgan fingerprint density at radius 3 is 2.20 bits per heavy atom. The minimum atomic E-state index is -4.63. The third-order valence-electron chi connectivity index (χ3n) is 1.73. The van der Waals surface area contributed by atoms with Gasteiger partial charge in [-0.3, -0.25) is 0 Å². The van der Waals surface area contributed by atoms with Gasteiger partial charge in [0.05, 0.1) is 5.56 Å². The first-order valence-electron chi connectivity index (χ1n) is 3.76. The molecule has 0 aliphatic carbocycles. The van der Waals surface area contributed by atoms with Crippen LogP contribution in [0.2, 0.25) is 0 Å². The zero-order chi connectivity index (χ0) is 11.8. The fourth-order valence-electron chi connectivity index (χ4n) is 1.05. The third kappa shape index (κ3) is 2.64. The number of hydrogen-bond acceptors (Lipinski definition) is 1. The van der Waals surface area contributed by atoms with E-state index in [1.807, 2.05) is 0 Å². The van der Waals surface area contributed by atoms with Crippen molar-refractivity contribution in [1.29, 1.82) is 0 Å². The zero-order valence-electron chi connectivity index (χ0n) is 7.37. The van der Waals surface area contributed by atoms with Gasteiger partial charge in [-0.25, -0.2) is 13.8 Å². The first kappa shape index (κ1) is 12.4. The maximum atomic E-state index is 12.4. The van der Waals surface area contributed by atoms with Gasteiger partial charge >= 0.3 is 6.18 Å². The predicted octanol–water partition coefficient (Wildman–Crippen LogP) is 4.11. The first-order chi connectivity index (χ1) is 6.73. The summed E-state index contributed by atoms with van der Waals surface area (Å²) in [5, 5.41) is 0. The monoisotopic (exact) mass is 289 g/mol. The summed E-state index contributed by atoms with van der Waals surface area (Å²) in [5.41, 5.74) is -1.83. The van der Waals surface area contributed by atoms with Gasteiger partial charge < -0.3 is 0 Å². The molecule has 0 fully saturated rings. The van der Waals surface area contributed by atoms with Gasteiger partial charge in [-0.05, 0) is 34.5 Å². The highest BCUT2D eigenvalue weighted by atomic mass is 79.9. The normalized spacial score (nSPS) is 12.3. The van der Waals surface area contributed by atoms with Crippen molar-refractivity contribution in [2.24, 2.45) is 0 Å². The van der Waals surface area contributed by atoms with Crippen molar-refractivity contribution in [2.45, 2.75) is 19.5 Å². The second-order valence-electron chi connectivity index (χ2n) is 2.83.